The molecular weight excluding hydrogens is 376 g/mol. The number of halogens is 3. The fourth-order valence-corrected chi connectivity index (χ4v) is 1.79. The molecule has 0 saturated heterocycles. The molecular formula is C14H20BrF2N3O3. The topological polar surface area (TPSA) is 73.3 Å². The zero-order chi connectivity index (χ0) is 17.7. The molecule has 130 valence electrons. The molecule has 1 N–H and O–H groups in total. The van der Waals surface area contributed by atoms with Gasteiger partial charge in [-0.3, -0.25) is 4.98 Å². The van der Waals surface area contributed by atoms with E-state index in [9.17, 15) is 13.6 Å². The van der Waals surface area contributed by atoms with E-state index in [1.165, 1.54) is 19.3 Å². The molecule has 1 heterocycles. The molecule has 1 amide bonds. The highest BCUT2D eigenvalue weighted by atomic mass is 79.9. The number of nitrogens with one attached hydrogen (secondary N) is 1. The van der Waals surface area contributed by atoms with Crippen molar-refractivity contribution in [3.63, 3.8) is 0 Å². The Balaban J connectivity index is 2.46. The van der Waals surface area contributed by atoms with E-state index in [1.807, 2.05) is 0 Å². The molecule has 0 bridgehead atoms. The van der Waals surface area contributed by atoms with Crippen molar-refractivity contribution < 1.29 is 23.0 Å². The number of ether oxygens (including phenoxy) is 2. The first-order valence-corrected chi connectivity index (χ1v) is 7.76. The largest absolute Gasteiger partial charge is 0.476 e. The van der Waals surface area contributed by atoms with Crippen LogP contribution in [-0.4, -0.2) is 40.2 Å². The van der Waals surface area contributed by atoms with Gasteiger partial charge >= 0.3 is 6.09 Å². The van der Waals surface area contributed by atoms with Crippen LogP contribution in [0.3, 0.4) is 0 Å². The van der Waals surface area contributed by atoms with E-state index in [4.69, 9.17) is 9.47 Å². The lowest BCUT2D eigenvalue weighted by Crippen LogP contribution is -2.47. The van der Waals surface area contributed by atoms with Crippen molar-refractivity contribution in [3.05, 3.63) is 17.0 Å². The monoisotopic (exact) mass is 395 g/mol. The van der Waals surface area contributed by atoms with Gasteiger partial charge in [0.15, 0.2) is 0 Å². The molecule has 0 fully saturated rings. The van der Waals surface area contributed by atoms with Gasteiger partial charge < -0.3 is 14.8 Å². The molecule has 23 heavy (non-hydrogen) atoms. The van der Waals surface area contributed by atoms with Crippen LogP contribution in [0.15, 0.2) is 17.0 Å². The Morgan fingerprint density at radius 2 is 2.04 bits per heavy atom. The Morgan fingerprint density at radius 3 is 2.61 bits per heavy atom. The van der Waals surface area contributed by atoms with E-state index in [2.05, 4.69) is 31.2 Å². The van der Waals surface area contributed by atoms with Gasteiger partial charge in [0, 0.05) is 6.42 Å². The number of carbonyl (C=O) groups excluding carboxylic acids is 1. The van der Waals surface area contributed by atoms with Crippen molar-refractivity contribution in [3.8, 4) is 5.88 Å². The van der Waals surface area contributed by atoms with E-state index in [-0.39, 0.29) is 12.5 Å². The van der Waals surface area contributed by atoms with Gasteiger partial charge in [-0.2, -0.15) is 0 Å². The number of rotatable bonds is 6. The van der Waals surface area contributed by atoms with Gasteiger partial charge in [-0.05, 0) is 43.6 Å². The standard InChI is InChI=1S/C14H20BrF2N3O3/c1-9(19-12(21)23-13(2,3)4)14(16,17)5-6-22-11-8-18-7-10(15)20-11/h7-9H,5-6H2,1-4H3,(H,19,21)/t9-/m0/s1. The molecule has 6 nitrogen and oxygen atoms in total. The highest BCUT2D eigenvalue weighted by molar-refractivity contribution is 9.10. The maximum absolute atomic E-state index is 14.0. The number of alkyl carbamates (subject to hydrolysis) is 1. The molecule has 1 atom stereocenters. The maximum atomic E-state index is 14.0. The van der Waals surface area contributed by atoms with Crippen LogP contribution in [-0.2, 0) is 4.74 Å². The summed E-state index contributed by atoms with van der Waals surface area (Å²) in [5.41, 5.74) is -0.748. The van der Waals surface area contributed by atoms with Crippen LogP contribution < -0.4 is 10.1 Å². The van der Waals surface area contributed by atoms with Gasteiger partial charge in [-0.15, -0.1) is 0 Å². The quantitative estimate of drug-likeness (QED) is 0.796. The smallest absolute Gasteiger partial charge is 0.408 e. The fourth-order valence-electron chi connectivity index (χ4n) is 1.49. The van der Waals surface area contributed by atoms with Crippen molar-refractivity contribution in [1.29, 1.82) is 0 Å². The number of nitrogens with zero attached hydrogens (tertiary/aromatic N) is 2. The zero-order valence-electron chi connectivity index (χ0n) is 13.4. The lowest BCUT2D eigenvalue weighted by atomic mass is 10.1. The van der Waals surface area contributed by atoms with Crippen LogP contribution in [0.5, 0.6) is 5.88 Å². The Hall–Kier alpha value is -1.51. The first kappa shape index (κ1) is 19.5. The molecule has 0 aliphatic heterocycles. The van der Waals surface area contributed by atoms with Crippen molar-refractivity contribution in [1.82, 2.24) is 15.3 Å². The molecule has 0 unspecified atom stereocenters. The third-order valence-corrected chi connectivity index (χ3v) is 3.02. The molecule has 1 rings (SSSR count). The molecule has 0 aliphatic rings. The average Bonchev–Trinajstić information content (AvgIpc) is 2.36. The third-order valence-electron chi connectivity index (χ3n) is 2.64. The summed E-state index contributed by atoms with van der Waals surface area (Å²) in [7, 11) is 0. The van der Waals surface area contributed by atoms with Crippen molar-refractivity contribution in [2.24, 2.45) is 0 Å². The molecule has 0 saturated carbocycles. The fraction of sp³-hybridized carbons (Fsp3) is 0.643. The van der Waals surface area contributed by atoms with Gasteiger partial charge in [0.1, 0.15) is 10.2 Å². The normalized spacial score (nSPS) is 13.3. The van der Waals surface area contributed by atoms with Gasteiger partial charge in [0.25, 0.3) is 5.92 Å². The van der Waals surface area contributed by atoms with Gasteiger partial charge in [0.05, 0.1) is 25.0 Å². The van der Waals surface area contributed by atoms with Gasteiger partial charge in [-0.25, -0.2) is 18.6 Å². The SMILES string of the molecule is C[C@H](NC(=O)OC(C)(C)C)C(F)(F)CCOc1cncc(Br)n1. The zero-order valence-corrected chi connectivity index (χ0v) is 15.0. The molecule has 0 radical (unpaired) electrons. The second-order valence-corrected chi connectivity index (χ2v) is 6.72. The van der Waals surface area contributed by atoms with E-state index >= 15 is 0 Å². The maximum Gasteiger partial charge on any atom is 0.408 e. The van der Waals surface area contributed by atoms with Crippen LogP contribution in [0.2, 0.25) is 0 Å². The molecule has 0 aliphatic carbocycles. The minimum absolute atomic E-state index is 0.142. The lowest BCUT2D eigenvalue weighted by molar-refractivity contribution is -0.0505. The summed E-state index contributed by atoms with van der Waals surface area (Å²) in [5.74, 6) is -3.01. The highest BCUT2D eigenvalue weighted by Crippen LogP contribution is 2.24. The minimum atomic E-state index is -3.16. The molecule has 0 aromatic carbocycles. The number of hydrogen-bond donors (Lipinski definition) is 1. The minimum Gasteiger partial charge on any atom is -0.476 e. The number of aromatic nitrogens is 2. The van der Waals surface area contributed by atoms with Crippen LogP contribution in [0.4, 0.5) is 13.6 Å². The van der Waals surface area contributed by atoms with E-state index in [0.717, 1.165) is 0 Å². The van der Waals surface area contributed by atoms with E-state index in [1.54, 1.807) is 20.8 Å². The molecule has 0 spiro atoms. The number of alkyl halides is 2. The Bertz CT molecular complexity index is 538. The van der Waals surface area contributed by atoms with Crippen molar-refractivity contribution >= 4 is 22.0 Å². The summed E-state index contributed by atoms with van der Waals surface area (Å²) < 4.78 is 38.5. The predicted molar refractivity (Wildman–Crippen MR) is 83.6 cm³/mol. The van der Waals surface area contributed by atoms with Crippen LogP contribution in [0.1, 0.15) is 34.1 Å². The lowest BCUT2D eigenvalue weighted by Gasteiger charge is -2.26. The van der Waals surface area contributed by atoms with Crippen LogP contribution in [0.25, 0.3) is 0 Å². The Kier molecular flexibility index (Phi) is 6.67. The number of hydrogen-bond acceptors (Lipinski definition) is 5. The summed E-state index contributed by atoms with van der Waals surface area (Å²) in [6, 6.07) is -1.39. The summed E-state index contributed by atoms with van der Waals surface area (Å²) in [6.07, 6.45) is 1.31. The first-order valence-electron chi connectivity index (χ1n) is 6.97. The summed E-state index contributed by atoms with van der Waals surface area (Å²) in [5, 5.41) is 2.13. The van der Waals surface area contributed by atoms with E-state index < -0.39 is 30.1 Å². The second-order valence-electron chi connectivity index (χ2n) is 5.91. The third kappa shape index (κ3) is 7.54. The highest BCUT2D eigenvalue weighted by Gasteiger charge is 2.38. The van der Waals surface area contributed by atoms with Crippen LogP contribution in [0, 0.1) is 0 Å². The second kappa shape index (κ2) is 7.85. The summed E-state index contributed by atoms with van der Waals surface area (Å²) in [6.45, 7) is 5.91. The number of amides is 1. The van der Waals surface area contributed by atoms with Crippen molar-refractivity contribution in [2.45, 2.75) is 51.7 Å². The van der Waals surface area contributed by atoms with Crippen molar-refractivity contribution in [2.75, 3.05) is 6.61 Å². The average molecular weight is 396 g/mol. The number of carbonyl (C=O) groups is 1. The van der Waals surface area contributed by atoms with Crippen LogP contribution >= 0.6 is 15.9 Å². The predicted octanol–water partition coefficient (Wildman–Crippen LogP) is 3.56. The first-order chi connectivity index (χ1) is 10.5. The molecule has 1 aromatic rings. The molecule has 9 heteroatoms. The van der Waals surface area contributed by atoms with Gasteiger partial charge in [-0.1, -0.05) is 0 Å². The van der Waals surface area contributed by atoms with Gasteiger partial charge in [0.2, 0.25) is 5.88 Å². The summed E-state index contributed by atoms with van der Waals surface area (Å²) >= 11 is 3.10. The Labute approximate surface area is 142 Å². The molecule has 1 aromatic heterocycles. The van der Waals surface area contributed by atoms with E-state index in [0.29, 0.717) is 4.60 Å². The Morgan fingerprint density at radius 1 is 1.39 bits per heavy atom. The summed E-state index contributed by atoms with van der Waals surface area (Å²) in [4.78, 5) is 19.3.